The zero-order valence-electron chi connectivity index (χ0n) is 16.1. The second kappa shape index (κ2) is 7.79. The molecule has 2 aliphatic rings. The summed E-state index contributed by atoms with van der Waals surface area (Å²) in [6.07, 6.45) is 5.75. The molecule has 5 nitrogen and oxygen atoms in total. The monoisotopic (exact) mass is 420 g/mol. The molecular weight excluding hydrogens is 395 g/mol. The van der Waals surface area contributed by atoms with Crippen molar-refractivity contribution in [3.05, 3.63) is 39.6 Å². The molecule has 1 aromatic carbocycles. The van der Waals surface area contributed by atoms with Crippen molar-refractivity contribution >= 4 is 29.0 Å². The summed E-state index contributed by atoms with van der Waals surface area (Å²) < 4.78 is 0. The van der Waals surface area contributed by atoms with Gasteiger partial charge in [0.15, 0.2) is 5.82 Å². The van der Waals surface area contributed by atoms with Crippen LogP contribution in [0.4, 0.5) is 5.82 Å². The van der Waals surface area contributed by atoms with Crippen LogP contribution in [-0.2, 0) is 6.61 Å². The van der Waals surface area contributed by atoms with Gasteiger partial charge >= 0.3 is 0 Å². The first-order valence-electron chi connectivity index (χ1n) is 9.88. The second-order valence-corrected chi connectivity index (χ2v) is 8.90. The van der Waals surface area contributed by atoms with Crippen LogP contribution in [0.15, 0.2) is 18.2 Å². The highest BCUT2D eigenvalue weighted by atomic mass is 35.5. The number of halogens is 2. The predicted octanol–water partition coefficient (Wildman–Crippen LogP) is 4.35. The van der Waals surface area contributed by atoms with Gasteiger partial charge < -0.3 is 15.7 Å². The highest BCUT2D eigenvalue weighted by Gasteiger charge is 2.43. The average Bonchev–Trinajstić information content (AvgIpc) is 3.03. The number of anilines is 1. The molecule has 1 aliphatic heterocycles. The lowest BCUT2D eigenvalue weighted by molar-refractivity contribution is 0.196. The maximum atomic E-state index is 9.97. The molecule has 1 aromatic heterocycles. The largest absolute Gasteiger partial charge is 0.390 e. The van der Waals surface area contributed by atoms with E-state index in [9.17, 15) is 5.11 Å². The summed E-state index contributed by atoms with van der Waals surface area (Å²) in [5, 5.41) is 11.1. The Morgan fingerprint density at radius 2 is 1.96 bits per heavy atom. The molecule has 1 spiro atoms. The average molecular weight is 421 g/mol. The summed E-state index contributed by atoms with van der Waals surface area (Å²) >= 11 is 12.4. The minimum atomic E-state index is -0.165. The molecule has 0 radical (unpaired) electrons. The predicted molar refractivity (Wildman–Crippen MR) is 114 cm³/mol. The van der Waals surface area contributed by atoms with Gasteiger partial charge in [0.25, 0.3) is 0 Å². The SMILES string of the molecule is Cc1nc(N2CCC3(CCC[C@H]3N)CC2)c(CO)nc1-c1ccc(Cl)cc1Cl. The van der Waals surface area contributed by atoms with E-state index in [4.69, 9.17) is 38.9 Å². The lowest BCUT2D eigenvalue weighted by Gasteiger charge is -2.42. The first kappa shape index (κ1) is 19.9. The minimum absolute atomic E-state index is 0.165. The lowest BCUT2D eigenvalue weighted by atomic mass is 9.74. The van der Waals surface area contributed by atoms with Crippen molar-refractivity contribution in [2.45, 2.75) is 51.7 Å². The molecular formula is C21H26Cl2N4O. The van der Waals surface area contributed by atoms with Gasteiger partial charge in [-0.1, -0.05) is 29.6 Å². The maximum absolute atomic E-state index is 9.97. The molecule has 0 unspecified atom stereocenters. The van der Waals surface area contributed by atoms with Gasteiger partial charge in [0.05, 0.1) is 23.0 Å². The van der Waals surface area contributed by atoms with E-state index in [0.29, 0.717) is 27.5 Å². The summed E-state index contributed by atoms with van der Waals surface area (Å²) in [5.74, 6) is 0.773. The third kappa shape index (κ3) is 3.50. The molecule has 0 bridgehead atoms. The molecule has 4 rings (SSSR count). The van der Waals surface area contributed by atoms with Crippen molar-refractivity contribution in [3.8, 4) is 11.3 Å². The highest BCUT2D eigenvalue weighted by molar-refractivity contribution is 6.36. The number of aromatic nitrogens is 2. The normalized spacial score (nSPS) is 21.5. The third-order valence-electron chi connectivity index (χ3n) is 6.49. The van der Waals surface area contributed by atoms with Crippen molar-refractivity contribution in [1.82, 2.24) is 9.97 Å². The van der Waals surface area contributed by atoms with Gasteiger partial charge in [-0.05, 0) is 56.2 Å². The van der Waals surface area contributed by atoms with Crippen LogP contribution in [0.1, 0.15) is 43.5 Å². The van der Waals surface area contributed by atoms with Crippen molar-refractivity contribution in [3.63, 3.8) is 0 Å². The zero-order valence-corrected chi connectivity index (χ0v) is 17.6. The van der Waals surface area contributed by atoms with Crippen molar-refractivity contribution < 1.29 is 5.11 Å². The Bertz CT molecular complexity index is 881. The number of benzene rings is 1. The number of hydrogen-bond donors (Lipinski definition) is 2. The van der Waals surface area contributed by atoms with Crippen LogP contribution in [0, 0.1) is 12.3 Å². The topological polar surface area (TPSA) is 75.3 Å². The van der Waals surface area contributed by atoms with Crippen molar-refractivity contribution in [2.75, 3.05) is 18.0 Å². The van der Waals surface area contributed by atoms with Gasteiger partial charge in [-0.15, -0.1) is 0 Å². The van der Waals surface area contributed by atoms with Crippen LogP contribution in [-0.4, -0.2) is 34.2 Å². The number of aliphatic hydroxyl groups excluding tert-OH is 1. The number of piperidine rings is 1. The molecule has 2 heterocycles. The van der Waals surface area contributed by atoms with E-state index in [2.05, 4.69) is 4.90 Å². The maximum Gasteiger partial charge on any atom is 0.153 e. The summed E-state index contributed by atoms with van der Waals surface area (Å²) in [4.78, 5) is 11.8. The fraction of sp³-hybridized carbons (Fsp3) is 0.524. The summed E-state index contributed by atoms with van der Waals surface area (Å²) in [5.41, 5.74) is 9.52. The van der Waals surface area contributed by atoms with Crippen LogP contribution < -0.4 is 10.6 Å². The summed E-state index contributed by atoms with van der Waals surface area (Å²) in [7, 11) is 0. The first-order chi connectivity index (χ1) is 13.4. The molecule has 1 saturated heterocycles. The third-order valence-corrected chi connectivity index (χ3v) is 7.04. The van der Waals surface area contributed by atoms with Crippen LogP contribution in [0.25, 0.3) is 11.3 Å². The van der Waals surface area contributed by atoms with Crippen molar-refractivity contribution in [1.29, 1.82) is 0 Å². The van der Waals surface area contributed by atoms with E-state index >= 15 is 0 Å². The molecule has 1 aliphatic carbocycles. The Hall–Kier alpha value is -1.40. The Labute approximate surface area is 175 Å². The van der Waals surface area contributed by atoms with E-state index in [1.807, 2.05) is 13.0 Å². The number of hydrogen-bond acceptors (Lipinski definition) is 5. The van der Waals surface area contributed by atoms with Gasteiger partial charge in [-0.3, -0.25) is 0 Å². The quantitative estimate of drug-likeness (QED) is 0.771. The van der Waals surface area contributed by atoms with Crippen LogP contribution >= 0.6 is 23.2 Å². The second-order valence-electron chi connectivity index (χ2n) is 8.06. The molecule has 1 saturated carbocycles. The van der Waals surface area contributed by atoms with Crippen LogP contribution in [0.5, 0.6) is 0 Å². The lowest BCUT2D eigenvalue weighted by Crippen LogP contribution is -2.47. The smallest absolute Gasteiger partial charge is 0.153 e. The number of nitrogens with two attached hydrogens (primary N) is 1. The minimum Gasteiger partial charge on any atom is -0.390 e. The van der Waals surface area contributed by atoms with Gasteiger partial charge in [0.1, 0.15) is 5.69 Å². The fourth-order valence-corrected chi connectivity index (χ4v) is 5.29. The molecule has 1 atom stereocenters. The number of rotatable bonds is 3. The fourth-order valence-electron chi connectivity index (χ4n) is 4.79. The van der Waals surface area contributed by atoms with E-state index in [0.717, 1.165) is 49.4 Å². The first-order valence-corrected chi connectivity index (χ1v) is 10.6. The number of aryl methyl sites for hydroxylation is 1. The van der Waals surface area contributed by atoms with Crippen LogP contribution in [0.3, 0.4) is 0 Å². The Morgan fingerprint density at radius 1 is 1.21 bits per heavy atom. The number of aliphatic hydroxyl groups is 1. The van der Waals surface area contributed by atoms with Gasteiger partial charge in [0, 0.05) is 29.7 Å². The number of nitrogens with zero attached hydrogens (tertiary/aromatic N) is 3. The molecule has 3 N–H and O–H groups in total. The summed E-state index contributed by atoms with van der Waals surface area (Å²) in [6.45, 7) is 3.56. The van der Waals surface area contributed by atoms with Gasteiger partial charge in [0.2, 0.25) is 0 Å². The van der Waals surface area contributed by atoms with Gasteiger partial charge in [-0.25, -0.2) is 9.97 Å². The van der Waals surface area contributed by atoms with E-state index in [-0.39, 0.29) is 12.0 Å². The molecule has 28 heavy (non-hydrogen) atoms. The van der Waals surface area contributed by atoms with E-state index in [1.54, 1.807) is 12.1 Å². The Morgan fingerprint density at radius 3 is 2.57 bits per heavy atom. The van der Waals surface area contributed by atoms with Crippen molar-refractivity contribution in [2.24, 2.45) is 11.1 Å². The molecule has 2 aromatic rings. The standard InChI is InChI=1S/C21H26Cl2N4O/c1-13-19(15-5-4-14(22)11-16(15)23)26-17(12-28)20(25-13)27-9-7-21(8-10-27)6-2-3-18(21)24/h4-5,11,18,28H,2-3,6-10,12,24H2,1H3/t18-/m1/s1. The van der Waals surface area contributed by atoms with E-state index < -0.39 is 0 Å². The molecule has 150 valence electrons. The molecule has 0 amide bonds. The highest BCUT2D eigenvalue weighted by Crippen LogP contribution is 2.46. The Kier molecular flexibility index (Phi) is 5.53. The van der Waals surface area contributed by atoms with E-state index in [1.165, 1.54) is 12.8 Å². The molecule has 7 heteroatoms. The Balaban J connectivity index is 1.63. The zero-order chi connectivity index (χ0) is 19.9. The summed E-state index contributed by atoms with van der Waals surface area (Å²) in [6, 6.07) is 5.63. The molecule has 2 fully saturated rings. The van der Waals surface area contributed by atoms with Crippen LogP contribution in [0.2, 0.25) is 10.0 Å². The van der Waals surface area contributed by atoms with Gasteiger partial charge in [-0.2, -0.15) is 0 Å².